The quantitative estimate of drug-likeness (QED) is 0.689. The van der Waals surface area contributed by atoms with E-state index in [1.165, 1.54) is 0 Å². The first kappa shape index (κ1) is 15.4. The molecule has 0 aliphatic rings. The van der Waals surface area contributed by atoms with Gasteiger partial charge in [-0.2, -0.15) is 0 Å². The van der Waals surface area contributed by atoms with Gasteiger partial charge in [0.1, 0.15) is 0 Å². The number of hydrogen-bond acceptors (Lipinski definition) is 3. The van der Waals surface area contributed by atoms with Crippen LogP contribution in [0.5, 0.6) is 0 Å². The number of carbonyl (C=O) groups excluding carboxylic acids is 1. The third-order valence-corrected chi connectivity index (χ3v) is 2.46. The molecular weight excluding hydrogens is 204 g/mol. The fourth-order valence-corrected chi connectivity index (χ4v) is 1.24. The van der Waals surface area contributed by atoms with Crippen LogP contribution >= 0.6 is 0 Å². The molecule has 0 atom stereocenters. The first-order valence-corrected chi connectivity index (χ1v) is 5.71. The van der Waals surface area contributed by atoms with E-state index >= 15 is 0 Å². The monoisotopic (exact) mass is 230 g/mol. The summed E-state index contributed by atoms with van der Waals surface area (Å²) in [5.74, 6) is 0.0479. The van der Waals surface area contributed by atoms with E-state index in [4.69, 9.17) is 10.5 Å². The predicted molar refractivity (Wildman–Crippen MR) is 66.1 cm³/mol. The molecule has 16 heavy (non-hydrogen) atoms. The summed E-state index contributed by atoms with van der Waals surface area (Å²) in [5.41, 5.74) is 5.48. The third-order valence-electron chi connectivity index (χ3n) is 2.46. The van der Waals surface area contributed by atoms with Crippen molar-refractivity contribution >= 4 is 5.91 Å². The molecule has 0 aromatic rings. The Kier molecular flexibility index (Phi) is 5.97. The molecule has 96 valence electrons. The molecule has 0 unspecified atom stereocenters. The van der Waals surface area contributed by atoms with Gasteiger partial charge >= 0.3 is 0 Å². The minimum Gasteiger partial charge on any atom is -0.380 e. The first-order valence-electron chi connectivity index (χ1n) is 5.71. The van der Waals surface area contributed by atoms with Crippen molar-refractivity contribution in [2.24, 2.45) is 16.6 Å². The number of amides is 1. The van der Waals surface area contributed by atoms with E-state index in [0.717, 1.165) is 0 Å². The Bertz CT molecular complexity index is 225. The van der Waals surface area contributed by atoms with Crippen LogP contribution in [-0.2, 0) is 9.53 Å². The molecule has 0 aliphatic carbocycles. The van der Waals surface area contributed by atoms with Crippen molar-refractivity contribution in [3.05, 3.63) is 0 Å². The van der Waals surface area contributed by atoms with Crippen molar-refractivity contribution in [3.63, 3.8) is 0 Å². The molecule has 0 radical (unpaired) electrons. The lowest BCUT2D eigenvalue weighted by atomic mass is 9.89. The van der Waals surface area contributed by atoms with E-state index in [1.54, 1.807) is 7.05 Å². The highest BCUT2D eigenvalue weighted by molar-refractivity contribution is 5.76. The Morgan fingerprint density at radius 1 is 1.19 bits per heavy atom. The van der Waals surface area contributed by atoms with E-state index in [0.29, 0.717) is 26.2 Å². The van der Waals surface area contributed by atoms with Gasteiger partial charge in [-0.05, 0) is 12.0 Å². The maximum absolute atomic E-state index is 11.3. The molecule has 0 rings (SSSR count). The van der Waals surface area contributed by atoms with E-state index in [-0.39, 0.29) is 16.7 Å². The molecule has 1 amide bonds. The van der Waals surface area contributed by atoms with Crippen LogP contribution in [0.15, 0.2) is 0 Å². The Morgan fingerprint density at radius 3 is 2.12 bits per heavy atom. The summed E-state index contributed by atoms with van der Waals surface area (Å²) in [6, 6.07) is 0. The van der Waals surface area contributed by atoms with Crippen LogP contribution in [0.2, 0.25) is 0 Å². The predicted octanol–water partition coefficient (Wildman–Crippen LogP) is 1.15. The molecule has 0 heterocycles. The molecule has 3 N–H and O–H groups in total. The number of nitrogens with two attached hydrogens (primary N) is 1. The zero-order chi connectivity index (χ0) is 12.8. The van der Waals surface area contributed by atoms with Gasteiger partial charge in [-0.1, -0.05) is 27.7 Å². The second kappa shape index (κ2) is 6.21. The van der Waals surface area contributed by atoms with E-state index in [2.05, 4.69) is 19.2 Å². The van der Waals surface area contributed by atoms with Crippen molar-refractivity contribution in [1.82, 2.24) is 5.32 Å². The van der Waals surface area contributed by atoms with Crippen LogP contribution in [0.25, 0.3) is 0 Å². The summed E-state index contributed by atoms with van der Waals surface area (Å²) >= 11 is 0. The molecule has 4 nitrogen and oxygen atoms in total. The minimum atomic E-state index is -0.134. The molecule has 0 aromatic carbocycles. The molecule has 0 spiro atoms. The van der Waals surface area contributed by atoms with Crippen LogP contribution in [0.4, 0.5) is 0 Å². The SMILES string of the molecule is CNC(=O)CC(C)(C)COCC(C)(C)CN. The Labute approximate surface area is 98.9 Å². The average molecular weight is 230 g/mol. The lowest BCUT2D eigenvalue weighted by Crippen LogP contribution is -2.33. The Hall–Kier alpha value is -0.610. The summed E-state index contributed by atoms with van der Waals surface area (Å²) in [6.45, 7) is 9.99. The molecule has 0 saturated heterocycles. The number of ether oxygens (including phenoxy) is 1. The minimum absolute atomic E-state index is 0.00307. The van der Waals surface area contributed by atoms with Gasteiger partial charge in [0.2, 0.25) is 5.91 Å². The Balaban J connectivity index is 3.95. The smallest absolute Gasteiger partial charge is 0.220 e. The fraction of sp³-hybridized carbons (Fsp3) is 0.917. The van der Waals surface area contributed by atoms with E-state index in [9.17, 15) is 4.79 Å². The van der Waals surface area contributed by atoms with Gasteiger partial charge in [-0.25, -0.2) is 0 Å². The van der Waals surface area contributed by atoms with Crippen LogP contribution in [-0.4, -0.2) is 32.7 Å². The largest absolute Gasteiger partial charge is 0.380 e. The second-order valence-electron chi connectivity index (χ2n) is 5.88. The summed E-state index contributed by atoms with van der Waals surface area (Å²) in [4.78, 5) is 11.3. The maximum atomic E-state index is 11.3. The molecule has 0 fully saturated rings. The van der Waals surface area contributed by atoms with Gasteiger partial charge in [-0.3, -0.25) is 4.79 Å². The maximum Gasteiger partial charge on any atom is 0.220 e. The number of nitrogens with one attached hydrogen (secondary N) is 1. The van der Waals surface area contributed by atoms with Gasteiger partial charge in [-0.15, -0.1) is 0 Å². The molecular formula is C12H26N2O2. The van der Waals surface area contributed by atoms with Crippen LogP contribution in [0.1, 0.15) is 34.1 Å². The zero-order valence-electron chi connectivity index (χ0n) is 11.2. The molecule has 0 aromatic heterocycles. The highest BCUT2D eigenvalue weighted by atomic mass is 16.5. The van der Waals surface area contributed by atoms with Gasteiger partial charge in [0, 0.05) is 18.9 Å². The number of carbonyl (C=O) groups is 1. The van der Waals surface area contributed by atoms with Gasteiger partial charge < -0.3 is 15.8 Å². The van der Waals surface area contributed by atoms with E-state index in [1.807, 2.05) is 13.8 Å². The standard InChI is InChI=1S/C12H26N2O2/c1-11(2,6-10(15)14-5)8-16-9-12(3,4)7-13/h6-9,13H2,1-5H3,(H,14,15). The summed E-state index contributed by atoms with van der Waals surface area (Å²) in [7, 11) is 1.65. The topological polar surface area (TPSA) is 64.3 Å². The number of hydrogen-bond donors (Lipinski definition) is 2. The highest BCUT2D eigenvalue weighted by Crippen LogP contribution is 2.22. The lowest BCUT2D eigenvalue weighted by molar-refractivity contribution is -0.123. The molecule has 0 saturated carbocycles. The van der Waals surface area contributed by atoms with Crippen LogP contribution in [0.3, 0.4) is 0 Å². The van der Waals surface area contributed by atoms with Crippen molar-refractivity contribution in [1.29, 1.82) is 0 Å². The van der Waals surface area contributed by atoms with Crippen molar-refractivity contribution < 1.29 is 9.53 Å². The fourth-order valence-electron chi connectivity index (χ4n) is 1.24. The summed E-state index contributed by atoms with van der Waals surface area (Å²) in [5, 5.41) is 2.62. The van der Waals surface area contributed by atoms with E-state index < -0.39 is 0 Å². The van der Waals surface area contributed by atoms with Crippen LogP contribution in [0, 0.1) is 10.8 Å². The molecule has 4 heteroatoms. The summed E-state index contributed by atoms with van der Waals surface area (Å²) < 4.78 is 5.64. The highest BCUT2D eigenvalue weighted by Gasteiger charge is 2.23. The normalized spacial score (nSPS) is 12.6. The summed E-state index contributed by atoms with van der Waals surface area (Å²) in [6.07, 6.45) is 0.479. The lowest BCUT2D eigenvalue weighted by Gasteiger charge is -2.27. The molecule has 0 bridgehead atoms. The first-order chi connectivity index (χ1) is 7.22. The van der Waals surface area contributed by atoms with Crippen molar-refractivity contribution in [2.75, 3.05) is 26.8 Å². The van der Waals surface area contributed by atoms with Gasteiger partial charge in [0.05, 0.1) is 13.2 Å². The second-order valence-corrected chi connectivity index (χ2v) is 5.88. The number of rotatable bonds is 7. The Morgan fingerprint density at radius 2 is 1.69 bits per heavy atom. The van der Waals surface area contributed by atoms with Crippen LogP contribution < -0.4 is 11.1 Å². The molecule has 0 aliphatic heterocycles. The zero-order valence-corrected chi connectivity index (χ0v) is 11.2. The van der Waals surface area contributed by atoms with Crippen molar-refractivity contribution in [3.8, 4) is 0 Å². The average Bonchev–Trinajstić information content (AvgIpc) is 2.16. The third kappa shape index (κ3) is 6.80. The van der Waals surface area contributed by atoms with Crippen molar-refractivity contribution in [2.45, 2.75) is 34.1 Å². The van der Waals surface area contributed by atoms with Gasteiger partial charge in [0.25, 0.3) is 0 Å². The van der Waals surface area contributed by atoms with Gasteiger partial charge in [0.15, 0.2) is 0 Å².